The molecule has 3 rings (SSSR count). The van der Waals surface area contributed by atoms with E-state index in [1.165, 1.54) is 6.92 Å². The molecule has 1 aliphatic heterocycles. The number of Topliss-reactive ketones (excluding diaryl/α,β-unsaturated/α-hetero) is 1. The smallest absolute Gasteiger partial charge is 0.270 e. The number of para-hydroxylation sites is 1. The average Bonchev–Trinajstić information content (AvgIpc) is 2.77. The number of anilines is 1. The fourth-order valence-corrected chi connectivity index (χ4v) is 2.87. The number of hydrogen-bond donors (Lipinski definition) is 1. The van der Waals surface area contributed by atoms with Crippen molar-refractivity contribution in [3.05, 3.63) is 65.7 Å². The van der Waals surface area contributed by atoms with Crippen LogP contribution in [0.25, 0.3) is 0 Å². The first-order chi connectivity index (χ1) is 10.9. The number of imide groups is 1. The van der Waals surface area contributed by atoms with E-state index in [-0.39, 0.29) is 11.3 Å². The quantitative estimate of drug-likeness (QED) is 0.880. The fourth-order valence-electron chi connectivity index (χ4n) is 2.87. The Balaban J connectivity index is 2.02. The molecule has 0 aromatic heterocycles. The Morgan fingerprint density at radius 2 is 1.65 bits per heavy atom. The summed E-state index contributed by atoms with van der Waals surface area (Å²) in [5, 5.41) is 10.9. The van der Waals surface area contributed by atoms with E-state index in [1.807, 2.05) is 0 Å². The van der Waals surface area contributed by atoms with E-state index in [0.717, 1.165) is 4.90 Å². The molecule has 23 heavy (non-hydrogen) atoms. The Hall–Kier alpha value is -2.79. The highest BCUT2D eigenvalue weighted by Gasteiger charge is 2.52. The molecule has 0 radical (unpaired) electrons. The zero-order valence-corrected chi connectivity index (χ0v) is 12.5. The summed E-state index contributed by atoms with van der Waals surface area (Å²) in [6, 6.07) is 14.9. The van der Waals surface area contributed by atoms with E-state index in [9.17, 15) is 19.5 Å². The predicted molar refractivity (Wildman–Crippen MR) is 83.9 cm³/mol. The first-order valence-electron chi connectivity index (χ1n) is 7.20. The number of benzene rings is 2. The number of carbonyl (C=O) groups is 3. The van der Waals surface area contributed by atoms with Crippen molar-refractivity contribution in [2.45, 2.75) is 18.9 Å². The number of rotatable bonds is 3. The lowest BCUT2D eigenvalue weighted by atomic mass is 9.88. The highest BCUT2D eigenvalue weighted by molar-refractivity contribution is 6.22. The molecule has 5 nitrogen and oxygen atoms in total. The van der Waals surface area contributed by atoms with Crippen LogP contribution in [-0.4, -0.2) is 22.7 Å². The monoisotopic (exact) mass is 309 g/mol. The van der Waals surface area contributed by atoms with Crippen molar-refractivity contribution in [3.63, 3.8) is 0 Å². The van der Waals surface area contributed by atoms with Gasteiger partial charge in [0.05, 0.1) is 12.1 Å². The summed E-state index contributed by atoms with van der Waals surface area (Å²) in [7, 11) is 0. The molecule has 1 atom stereocenters. The zero-order valence-electron chi connectivity index (χ0n) is 12.5. The molecule has 0 fully saturated rings. The van der Waals surface area contributed by atoms with Gasteiger partial charge in [0.1, 0.15) is 0 Å². The van der Waals surface area contributed by atoms with Gasteiger partial charge in [0.2, 0.25) is 5.91 Å². The standard InChI is InChI=1S/C18H15NO4/c1-12(20)19-15-10-6-5-9-14(15)18(23,17(19)22)11-16(21)13-7-3-2-4-8-13/h2-10,23H,11H2,1H3/t18-/m0/s1. The van der Waals surface area contributed by atoms with Crippen molar-refractivity contribution in [1.82, 2.24) is 0 Å². The number of carbonyl (C=O) groups excluding carboxylic acids is 3. The summed E-state index contributed by atoms with van der Waals surface area (Å²) in [5.74, 6) is -1.64. The minimum Gasteiger partial charge on any atom is -0.375 e. The fraction of sp³-hybridized carbons (Fsp3) is 0.167. The van der Waals surface area contributed by atoms with Crippen molar-refractivity contribution in [2.24, 2.45) is 0 Å². The second-order valence-electron chi connectivity index (χ2n) is 5.50. The van der Waals surface area contributed by atoms with Crippen molar-refractivity contribution < 1.29 is 19.5 Å². The van der Waals surface area contributed by atoms with E-state index in [2.05, 4.69) is 0 Å². The van der Waals surface area contributed by atoms with Crippen LogP contribution in [0, 0.1) is 0 Å². The van der Waals surface area contributed by atoms with Gasteiger partial charge in [-0.15, -0.1) is 0 Å². The van der Waals surface area contributed by atoms with E-state index < -0.39 is 23.8 Å². The first kappa shape index (κ1) is 15.1. The van der Waals surface area contributed by atoms with Crippen LogP contribution in [0.4, 0.5) is 5.69 Å². The van der Waals surface area contributed by atoms with Crippen LogP contribution in [-0.2, 0) is 15.2 Å². The van der Waals surface area contributed by atoms with Gasteiger partial charge in [-0.05, 0) is 6.07 Å². The Labute approximate surface area is 133 Å². The SMILES string of the molecule is CC(=O)N1C(=O)[C@](O)(CC(=O)c2ccccc2)c2ccccc21. The lowest BCUT2D eigenvalue weighted by molar-refractivity contribution is -0.138. The summed E-state index contributed by atoms with van der Waals surface area (Å²) >= 11 is 0. The molecule has 0 unspecified atom stereocenters. The third-order valence-corrected chi connectivity index (χ3v) is 3.97. The van der Waals surface area contributed by atoms with Crippen LogP contribution in [0.15, 0.2) is 54.6 Å². The highest BCUT2D eigenvalue weighted by Crippen LogP contribution is 2.42. The maximum Gasteiger partial charge on any atom is 0.270 e. The molecule has 1 heterocycles. The van der Waals surface area contributed by atoms with E-state index in [1.54, 1.807) is 54.6 Å². The molecule has 2 aromatic carbocycles. The molecule has 2 amide bonds. The van der Waals surface area contributed by atoms with Crippen molar-refractivity contribution in [1.29, 1.82) is 0 Å². The van der Waals surface area contributed by atoms with Gasteiger partial charge in [-0.2, -0.15) is 0 Å². The number of fused-ring (bicyclic) bond motifs is 1. The molecule has 1 aliphatic rings. The molecule has 5 heteroatoms. The lowest BCUT2D eigenvalue weighted by Gasteiger charge is -2.21. The summed E-state index contributed by atoms with van der Waals surface area (Å²) < 4.78 is 0. The maximum absolute atomic E-state index is 12.6. The molecule has 116 valence electrons. The maximum atomic E-state index is 12.6. The molecule has 0 bridgehead atoms. The Morgan fingerprint density at radius 1 is 1.04 bits per heavy atom. The van der Waals surface area contributed by atoms with Crippen LogP contribution in [0.2, 0.25) is 0 Å². The largest absolute Gasteiger partial charge is 0.375 e. The van der Waals surface area contributed by atoms with E-state index in [4.69, 9.17) is 0 Å². The molecule has 0 aliphatic carbocycles. The van der Waals surface area contributed by atoms with Crippen LogP contribution in [0.3, 0.4) is 0 Å². The topological polar surface area (TPSA) is 74.7 Å². The molecule has 0 saturated heterocycles. The van der Waals surface area contributed by atoms with Gasteiger partial charge in [-0.3, -0.25) is 14.4 Å². The molecule has 0 saturated carbocycles. The number of amides is 2. The number of hydrogen-bond acceptors (Lipinski definition) is 4. The molecular formula is C18H15NO4. The minimum atomic E-state index is -2.02. The van der Waals surface area contributed by atoms with Crippen LogP contribution < -0.4 is 4.90 Å². The second kappa shape index (κ2) is 5.44. The number of aliphatic hydroxyl groups is 1. The van der Waals surface area contributed by atoms with Gasteiger partial charge in [-0.25, -0.2) is 4.90 Å². The zero-order chi connectivity index (χ0) is 16.6. The van der Waals surface area contributed by atoms with Gasteiger partial charge in [0, 0.05) is 18.1 Å². The summed E-state index contributed by atoms with van der Waals surface area (Å²) in [6.07, 6.45) is -0.406. The van der Waals surface area contributed by atoms with Crippen molar-refractivity contribution in [2.75, 3.05) is 4.90 Å². The highest BCUT2D eigenvalue weighted by atomic mass is 16.3. The molecule has 0 spiro atoms. The molecule has 2 aromatic rings. The summed E-state index contributed by atoms with van der Waals surface area (Å²) in [6.45, 7) is 1.25. The average molecular weight is 309 g/mol. The van der Waals surface area contributed by atoms with Crippen molar-refractivity contribution >= 4 is 23.3 Å². The molecule has 1 N–H and O–H groups in total. The third kappa shape index (κ3) is 2.35. The molecular weight excluding hydrogens is 294 g/mol. The van der Waals surface area contributed by atoms with Gasteiger partial charge in [-0.1, -0.05) is 48.5 Å². The summed E-state index contributed by atoms with van der Waals surface area (Å²) in [4.78, 5) is 37.7. The Morgan fingerprint density at radius 3 is 2.30 bits per heavy atom. The van der Waals surface area contributed by atoms with Gasteiger partial charge < -0.3 is 5.11 Å². The third-order valence-electron chi connectivity index (χ3n) is 3.97. The normalized spacial score (nSPS) is 19.6. The van der Waals surface area contributed by atoms with Crippen molar-refractivity contribution in [3.8, 4) is 0 Å². The summed E-state index contributed by atoms with van der Waals surface area (Å²) in [5.41, 5.74) is -1.000. The van der Waals surface area contributed by atoms with Crippen LogP contribution in [0.5, 0.6) is 0 Å². The Kier molecular flexibility index (Phi) is 3.58. The predicted octanol–water partition coefficient (Wildman–Crippen LogP) is 2.04. The van der Waals surface area contributed by atoms with E-state index >= 15 is 0 Å². The second-order valence-corrected chi connectivity index (χ2v) is 5.50. The van der Waals surface area contributed by atoms with E-state index in [0.29, 0.717) is 11.3 Å². The van der Waals surface area contributed by atoms with Crippen LogP contribution >= 0.6 is 0 Å². The van der Waals surface area contributed by atoms with Gasteiger partial charge in [0.15, 0.2) is 11.4 Å². The lowest BCUT2D eigenvalue weighted by Crippen LogP contribution is -2.43. The first-order valence-corrected chi connectivity index (χ1v) is 7.20. The Bertz CT molecular complexity index is 800. The number of ketones is 1. The number of nitrogens with zero attached hydrogens (tertiary/aromatic N) is 1. The van der Waals surface area contributed by atoms with Gasteiger partial charge >= 0.3 is 0 Å². The minimum absolute atomic E-state index is 0.282. The van der Waals surface area contributed by atoms with Crippen LogP contribution in [0.1, 0.15) is 29.3 Å². The van der Waals surface area contributed by atoms with Gasteiger partial charge in [0.25, 0.3) is 5.91 Å².